The molecule has 2 aromatic rings. The number of nitrogens with two attached hydrogens (primary N) is 1. The summed E-state index contributed by atoms with van der Waals surface area (Å²) >= 11 is 0. The molecule has 0 amide bonds. The van der Waals surface area contributed by atoms with Crippen LogP contribution in [0.25, 0.3) is 0 Å². The van der Waals surface area contributed by atoms with Crippen LogP contribution in [0.3, 0.4) is 0 Å². The highest BCUT2D eigenvalue weighted by atomic mass is 19.4. The maximum absolute atomic E-state index is 12.6. The van der Waals surface area contributed by atoms with Crippen molar-refractivity contribution < 1.29 is 13.2 Å². The van der Waals surface area contributed by atoms with Crippen LogP contribution in [0.15, 0.2) is 36.4 Å². The number of alkyl halides is 3. The molecule has 1 aromatic carbocycles. The molecule has 7 heteroatoms. The molecular weight excluding hydrogens is 269 g/mol. The molecule has 2 rings (SSSR count). The Bertz CT molecular complexity index is 657. The number of anilines is 3. The van der Waals surface area contributed by atoms with Crippen molar-refractivity contribution in [1.29, 1.82) is 5.26 Å². The average Bonchev–Trinajstić information content (AvgIpc) is 2.40. The number of nitriles is 1. The topological polar surface area (TPSA) is 74.7 Å². The second-order valence-corrected chi connectivity index (χ2v) is 3.95. The van der Waals surface area contributed by atoms with Crippen molar-refractivity contribution >= 4 is 17.2 Å². The second kappa shape index (κ2) is 5.09. The van der Waals surface area contributed by atoms with Gasteiger partial charge in [-0.25, -0.2) is 4.98 Å². The molecule has 3 N–H and O–H groups in total. The van der Waals surface area contributed by atoms with E-state index in [1.54, 1.807) is 30.3 Å². The molecule has 1 heterocycles. The molecular formula is C13H9F3N4. The zero-order chi connectivity index (χ0) is 14.8. The van der Waals surface area contributed by atoms with E-state index in [2.05, 4.69) is 10.3 Å². The quantitative estimate of drug-likeness (QED) is 0.826. The molecule has 0 unspecified atom stereocenters. The third-order valence-electron chi connectivity index (χ3n) is 2.48. The highest BCUT2D eigenvalue weighted by molar-refractivity contribution is 5.64. The largest absolute Gasteiger partial charge is 0.433 e. The Morgan fingerprint density at radius 2 is 1.75 bits per heavy atom. The summed E-state index contributed by atoms with van der Waals surface area (Å²) < 4.78 is 37.8. The molecule has 1 aromatic heterocycles. The van der Waals surface area contributed by atoms with Crippen molar-refractivity contribution in [3.8, 4) is 6.07 Å². The average molecular weight is 278 g/mol. The number of rotatable bonds is 2. The predicted molar refractivity (Wildman–Crippen MR) is 68.1 cm³/mol. The molecule has 0 aliphatic rings. The number of aromatic nitrogens is 1. The summed E-state index contributed by atoms with van der Waals surface area (Å²) in [7, 11) is 0. The Labute approximate surface area is 112 Å². The minimum absolute atomic E-state index is 0.0230. The van der Waals surface area contributed by atoms with E-state index in [4.69, 9.17) is 11.0 Å². The van der Waals surface area contributed by atoms with Gasteiger partial charge in [-0.05, 0) is 36.4 Å². The van der Waals surface area contributed by atoms with Crippen molar-refractivity contribution in [2.45, 2.75) is 6.18 Å². The number of nitrogens with zero attached hydrogens (tertiary/aromatic N) is 2. The van der Waals surface area contributed by atoms with Gasteiger partial charge in [-0.15, -0.1) is 0 Å². The lowest BCUT2D eigenvalue weighted by Gasteiger charge is -2.11. The van der Waals surface area contributed by atoms with Crippen LogP contribution in [0.1, 0.15) is 11.3 Å². The van der Waals surface area contributed by atoms with Crippen LogP contribution in [-0.4, -0.2) is 4.98 Å². The van der Waals surface area contributed by atoms with Gasteiger partial charge in [0.25, 0.3) is 0 Å². The monoisotopic (exact) mass is 278 g/mol. The van der Waals surface area contributed by atoms with Crippen molar-refractivity contribution in [3.05, 3.63) is 47.7 Å². The molecule has 0 aliphatic carbocycles. The zero-order valence-corrected chi connectivity index (χ0v) is 10.1. The van der Waals surface area contributed by atoms with Crippen LogP contribution < -0.4 is 11.1 Å². The number of benzene rings is 1. The molecule has 0 aliphatic heterocycles. The molecule has 0 saturated carbocycles. The molecule has 102 valence electrons. The fraction of sp³-hybridized carbons (Fsp3) is 0.0769. The minimum atomic E-state index is -4.56. The van der Waals surface area contributed by atoms with Gasteiger partial charge in [-0.3, -0.25) is 0 Å². The Balaban J connectivity index is 2.39. The summed E-state index contributed by atoms with van der Waals surface area (Å²) in [6.07, 6.45) is -4.56. The van der Waals surface area contributed by atoms with Crippen LogP contribution in [0.2, 0.25) is 0 Å². The van der Waals surface area contributed by atoms with Crippen LogP contribution in [0.5, 0.6) is 0 Å². The summed E-state index contributed by atoms with van der Waals surface area (Å²) in [5, 5.41) is 11.6. The highest BCUT2D eigenvalue weighted by Gasteiger charge is 2.33. The first-order valence-corrected chi connectivity index (χ1v) is 5.51. The SMILES string of the molecule is N#Cc1ccc(C(F)(F)F)nc1Nc1ccc(N)cc1. The molecule has 0 radical (unpaired) electrons. The van der Waals surface area contributed by atoms with Gasteiger partial charge >= 0.3 is 6.18 Å². The van der Waals surface area contributed by atoms with E-state index in [-0.39, 0.29) is 11.4 Å². The van der Waals surface area contributed by atoms with Crippen LogP contribution in [0.4, 0.5) is 30.4 Å². The van der Waals surface area contributed by atoms with E-state index in [9.17, 15) is 13.2 Å². The molecule has 0 atom stereocenters. The Morgan fingerprint density at radius 1 is 1.10 bits per heavy atom. The van der Waals surface area contributed by atoms with E-state index in [0.29, 0.717) is 11.4 Å². The smallest absolute Gasteiger partial charge is 0.399 e. The van der Waals surface area contributed by atoms with Gasteiger partial charge in [0.05, 0.1) is 5.56 Å². The lowest BCUT2D eigenvalue weighted by atomic mass is 10.2. The molecule has 0 spiro atoms. The molecule has 0 fully saturated rings. The normalized spacial score (nSPS) is 10.9. The first-order valence-electron chi connectivity index (χ1n) is 5.51. The number of halogens is 3. The zero-order valence-electron chi connectivity index (χ0n) is 10.1. The van der Waals surface area contributed by atoms with Crippen LogP contribution >= 0.6 is 0 Å². The molecule has 20 heavy (non-hydrogen) atoms. The van der Waals surface area contributed by atoms with Gasteiger partial charge in [-0.2, -0.15) is 18.4 Å². The van der Waals surface area contributed by atoms with Crippen LogP contribution in [-0.2, 0) is 6.18 Å². The van der Waals surface area contributed by atoms with E-state index in [1.807, 2.05) is 0 Å². The van der Waals surface area contributed by atoms with E-state index >= 15 is 0 Å². The van der Waals surface area contributed by atoms with Crippen molar-refractivity contribution in [1.82, 2.24) is 4.98 Å². The Morgan fingerprint density at radius 3 is 2.30 bits per heavy atom. The summed E-state index contributed by atoms with van der Waals surface area (Å²) in [5.41, 5.74) is 5.48. The van der Waals surface area contributed by atoms with Crippen LogP contribution in [0, 0.1) is 11.3 Å². The predicted octanol–water partition coefficient (Wildman–Crippen LogP) is 3.30. The lowest BCUT2D eigenvalue weighted by Crippen LogP contribution is -2.10. The first-order chi connectivity index (χ1) is 9.40. The minimum Gasteiger partial charge on any atom is -0.399 e. The highest BCUT2D eigenvalue weighted by Crippen LogP contribution is 2.30. The van der Waals surface area contributed by atoms with Gasteiger partial charge in [0.2, 0.25) is 0 Å². The summed E-state index contributed by atoms with van der Waals surface area (Å²) in [4.78, 5) is 3.44. The maximum Gasteiger partial charge on any atom is 0.433 e. The molecule has 0 bridgehead atoms. The second-order valence-electron chi connectivity index (χ2n) is 3.95. The van der Waals surface area contributed by atoms with E-state index in [1.165, 1.54) is 0 Å². The van der Waals surface area contributed by atoms with Crippen molar-refractivity contribution in [2.75, 3.05) is 11.1 Å². The third-order valence-corrected chi connectivity index (χ3v) is 2.48. The summed E-state index contributed by atoms with van der Waals surface area (Å²) in [5.74, 6) is -0.146. The molecule has 0 saturated heterocycles. The fourth-order valence-corrected chi connectivity index (χ4v) is 1.51. The number of nitrogens with one attached hydrogen (secondary N) is 1. The van der Waals surface area contributed by atoms with Gasteiger partial charge in [0, 0.05) is 11.4 Å². The van der Waals surface area contributed by atoms with E-state index < -0.39 is 11.9 Å². The van der Waals surface area contributed by atoms with Gasteiger partial charge in [-0.1, -0.05) is 0 Å². The number of hydrogen-bond donors (Lipinski definition) is 2. The first kappa shape index (κ1) is 13.7. The third kappa shape index (κ3) is 2.98. The lowest BCUT2D eigenvalue weighted by molar-refractivity contribution is -0.141. The molecule has 4 nitrogen and oxygen atoms in total. The van der Waals surface area contributed by atoms with E-state index in [0.717, 1.165) is 12.1 Å². The van der Waals surface area contributed by atoms with Gasteiger partial charge in [0.15, 0.2) is 0 Å². The Hall–Kier alpha value is -2.75. The standard InChI is InChI=1S/C13H9F3N4/c14-13(15,16)11-6-1-8(7-17)12(20-11)19-10-4-2-9(18)3-5-10/h1-6H,18H2,(H,19,20). The summed E-state index contributed by atoms with van der Waals surface area (Å²) in [6, 6.07) is 9.97. The Kier molecular flexibility index (Phi) is 3.48. The van der Waals surface area contributed by atoms with Crippen molar-refractivity contribution in [3.63, 3.8) is 0 Å². The number of nitrogen functional groups attached to an aromatic ring is 1. The maximum atomic E-state index is 12.6. The van der Waals surface area contributed by atoms with Gasteiger partial charge < -0.3 is 11.1 Å². The summed E-state index contributed by atoms with van der Waals surface area (Å²) in [6.45, 7) is 0. The number of pyridine rings is 1. The number of hydrogen-bond acceptors (Lipinski definition) is 4. The van der Waals surface area contributed by atoms with Gasteiger partial charge in [0.1, 0.15) is 17.6 Å². The van der Waals surface area contributed by atoms with Crippen molar-refractivity contribution in [2.24, 2.45) is 0 Å². The fourth-order valence-electron chi connectivity index (χ4n) is 1.51.